The number of aryl methyl sites for hydroxylation is 1. The third-order valence-electron chi connectivity index (χ3n) is 6.45. The highest BCUT2D eigenvalue weighted by Crippen LogP contribution is 2.25. The molecule has 0 spiro atoms. The Morgan fingerprint density at radius 1 is 0.882 bits per heavy atom. The van der Waals surface area contributed by atoms with Gasteiger partial charge in [0.05, 0.1) is 6.04 Å². The van der Waals surface area contributed by atoms with Gasteiger partial charge in [-0.3, -0.25) is 4.79 Å². The van der Waals surface area contributed by atoms with Crippen LogP contribution in [0.3, 0.4) is 0 Å². The lowest BCUT2D eigenvalue weighted by atomic mass is 9.98. The number of piperazine rings is 1. The molecule has 172 valence electrons. The molecule has 5 nitrogen and oxygen atoms in total. The summed E-state index contributed by atoms with van der Waals surface area (Å²) < 4.78 is 0. The fourth-order valence-corrected chi connectivity index (χ4v) is 4.35. The van der Waals surface area contributed by atoms with Crippen LogP contribution in [0.15, 0.2) is 90.6 Å². The molecule has 1 N–H and O–H groups in total. The minimum atomic E-state index is -0.364. The Morgan fingerprint density at radius 3 is 2.03 bits per heavy atom. The number of anilines is 1. The van der Waals surface area contributed by atoms with Crippen molar-refractivity contribution in [1.82, 2.24) is 10.2 Å². The van der Waals surface area contributed by atoms with Crippen molar-refractivity contribution in [3.63, 3.8) is 0 Å². The summed E-state index contributed by atoms with van der Waals surface area (Å²) in [6.07, 6.45) is 1.71. The second-order valence-corrected chi connectivity index (χ2v) is 8.62. The number of nitriles is 1. The summed E-state index contributed by atoms with van der Waals surface area (Å²) in [4.78, 5) is 17.6. The number of carbonyl (C=O) groups is 1. The van der Waals surface area contributed by atoms with E-state index in [4.69, 9.17) is 0 Å². The quantitative estimate of drug-likeness (QED) is 0.435. The van der Waals surface area contributed by atoms with Crippen LogP contribution in [0, 0.1) is 25.2 Å². The Balaban J connectivity index is 1.46. The van der Waals surface area contributed by atoms with E-state index in [2.05, 4.69) is 53.2 Å². The lowest BCUT2D eigenvalue weighted by Gasteiger charge is -2.36. The predicted molar refractivity (Wildman–Crippen MR) is 136 cm³/mol. The van der Waals surface area contributed by atoms with Crippen molar-refractivity contribution in [2.75, 3.05) is 31.1 Å². The number of amides is 1. The predicted octanol–water partition coefficient (Wildman–Crippen LogP) is 4.74. The van der Waals surface area contributed by atoms with Gasteiger partial charge in [-0.05, 0) is 42.2 Å². The number of benzene rings is 3. The zero-order valence-electron chi connectivity index (χ0n) is 19.7. The lowest BCUT2D eigenvalue weighted by molar-refractivity contribution is -0.117. The van der Waals surface area contributed by atoms with Crippen LogP contribution in [0.5, 0.6) is 0 Å². The Morgan fingerprint density at radius 2 is 1.47 bits per heavy atom. The SMILES string of the molecule is Cc1cccc(N2CCN(/C=C(/C#N)C(=O)NC(c3ccccc3)c3ccccc3)CC2)c1C. The molecule has 1 aliphatic rings. The van der Waals surface area contributed by atoms with Gasteiger partial charge in [-0.15, -0.1) is 0 Å². The molecular weight excluding hydrogens is 420 g/mol. The van der Waals surface area contributed by atoms with Crippen LogP contribution in [-0.4, -0.2) is 37.0 Å². The first-order valence-corrected chi connectivity index (χ1v) is 11.6. The number of rotatable bonds is 6. The van der Waals surface area contributed by atoms with E-state index in [0.717, 1.165) is 37.3 Å². The molecule has 4 rings (SSSR count). The van der Waals surface area contributed by atoms with Crippen LogP contribution in [-0.2, 0) is 4.79 Å². The van der Waals surface area contributed by atoms with Crippen LogP contribution in [0.1, 0.15) is 28.3 Å². The second kappa shape index (κ2) is 10.7. The number of carbonyl (C=O) groups excluding carboxylic acids is 1. The van der Waals surface area contributed by atoms with Crippen LogP contribution in [0.2, 0.25) is 0 Å². The fraction of sp³-hybridized carbons (Fsp3) is 0.241. The molecule has 34 heavy (non-hydrogen) atoms. The molecule has 0 atom stereocenters. The summed E-state index contributed by atoms with van der Waals surface area (Å²) in [5.41, 5.74) is 5.92. The number of hydrogen-bond donors (Lipinski definition) is 1. The number of nitrogens with zero attached hydrogens (tertiary/aromatic N) is 3. The Hall–Kier alpha value is -4.04. The minimum absolute atomic E-state index is 0.122. The molecule has 1 saturated heterocycles. The van der Waals surface area contributed by atoms with E-state index in [1.165, 1.54) is 16.8 Å². The third kappa shape index (κ3) is 5.29. The summed E-state index contributed by atoms with van der Waals surface area (Å²) >= 11 is 0. The van der Waals surface area contributed by atoms with Crippen molar-refractivity contribution in [3.8, 4) is 6.07 Å². The van der Waals surface area contributed by atoms with Gasteiger partial charge in [0.2, 0.25) is 0 Å². The van der Waals surface area contributed by atoms with Crippen LogP contribution < -0.4 is 10.2 Å². The smallest absolute Gasteiger partial charge is 0.264 e. The summed E-state index contributed by atoms with van der Waals surface area (Å²) in [6.45, 7) is 7.49. The molecule has 0 aromatic heterocycles. The molecule has 0 saturated carbocycles. The molecule has 0 bridgehead atoms. The molecule has 0 aliphatic carbocycles. The highest BCUT2D eigenvalue weighted by atomic mass is 16.1. The maximum Gasteiger partial charge on any atom is 0.264 e. The Labute approximate surface area is 201 Å². The summed E-state index contributed by atoms with van der Waals surface area (Å²) in [6, 6.07) is 27.8. The highest BCUT2D eigenvalue weighted by Gasteiger charge is 2.22. The van der Waals surface area contributed by atoms with E-state index < -0.39 is 0 Å². The first-order valence-electron chi connectivity index (χ1n) is 11.6. The van der Waals surface area contributed by atoms with Gasteiger partial charge in [0.1, 0.15) is 11.6 Å². The van der Waals surface area contributed by atoms with E-state index in [1.807, 2.05) is 60.7 Å². The number of hydrogen-bond acceptors (Lipinski definition) is 4. The van der Waals surface area contributed by atoms with Gasteiger partial charge in [0.25, 0.3) is 5.91 Å². The molecular formula is C29H30N4O. The average molecular weight is 451 g/mol. The molecule has 1 amide bonds. The molecule has 3 aromatic carbocycles. The summed E-state index contributed by atoms with van der Waals surface area (Å²) in [5.74, 6) is -0.364. The minimum Gasteiger partial charge on any atom is -0.373 e. The maximum absolute atomic E-state index is 13.1. The van der Waals surface area contributed by atoms with Gasteiger partial charge in [-0.2, -0.15) is 5.26 Å². The van der Waals surface area contributed by atoms with Gasteiger partial charge in [0, 0.05) is 38.1 Å². The van der Waals surface area contributed by atoms with Crippen molar-refractivity contribution < 1.29 is 4.79 Å². The topological polar surface area (TPSA) is 59.4 Å². The Kier molecular flexibility index (Phi) is 7.29. The zero-order chi connectivity index (χ0) is 23.9. The summed E-state index contributed by atoms with van der Waals surface area (Å²) in [5, 5.41) is 12.8. The van der Waals surface area contributed by atoms with Gasteiger partial charge in [-0.25, -0.2) is 0 Å². The number of nitrogens with one attached hydrogen (secondary N) is 1. The highest BCUT2D eigenvalue weighted by molar-refractivity contribution is 5.97. The molecule has 1 heterocycles. The summed E-state index contributed by atoms with van der Waals surface area (Å²) in [7, 11) is 0. The van der Waals surface area contributed by atoms with Crippen LogP contribution in [0.4, 0.5) is 5.69 Å². The van der Waals surface area contributed by atoms with Crippen LogP contribution in [0.25, 0.3) is 0 Å². The first kappa shape index (κ1) is 23.1. The lowest BCUT2D eigenvalue weighted by Crippen LogP contribution is -2.44. The van der Waals surface area contributed by atoms with Crippen molar-refractivity contribution in [2.24, 2.45) is 0 Å². The van der Waals surface area contributed by atoms with Crippen molar-refractivity contribution in [1.29, 1.82) is 5.26 Å². The maximum atomic E-state index is 13.1. The van der Waals surface area contributed by atoms with E-state index >= 15 is 0 Å². The van der Waals surface area contributed by atoms with Gasteiger partial charge in [-0.1, -0.05) is 72.8 Å². The largest absolute Gasteiger partial charge is 0.373 e. The van der Waals surface area contributed by atoms with Crippen molar-refractivity contribution >= 4 is 11.6 Å². The standard InChI is InChI=1S/C29H30N4O/c1-22-10-9-15-27(23(22)2)33-18-16-32(17-19-33)21-26(20-30)29(34)31-28(24-11-5-3-6-12-24)25-13-7-4-8-14-25/h3-15,21,28H,16-19H2,1-2H3,(H,31,34)/b26-21-. The molecule has 1 aliphatic heterocycles. The van der Waals surface area contributed by atoms with Crippen molar-refractivity contribution in [3.05, 3.63) is 113 Å². The first-order chi connectivity index (χ1) is 16.6. The monoisotopic (exact) mass is 450 g/mol. The molecule has 3 aromatic rings. The van der Waals surface area contributed by atoms with E-state index in [-0.39, 0.29) is 17.5 Å². The Bertz CT molecular complexity index is 1150. The van der Waals surface area contributed by atoms with Crippen molar-refractivity contribution in [2.45, 2.75) is 19.9 Å². The van der Waals surface area contributed by atoms with E-state index in [0.29, 0.717) is 0 Å². The molecule has 1 fully saturated rings. The van der Waals surface area contributed by atoms with Gasteiger partial charge >= 0.3 is 0 Å². The molecule has 0 unspecified atom stereocenters. The van der Waals surface area contributed by atoms with Gasteiger partial charge in [0.15, 0.2) is 0 Å². The fourth-order valence-electron chi connectivity index (χ4n) is 4.35. The van der Waals surface area contributed by atoms with E-state index in [1.54, 1.807) is 6.20 Å². The zero-order valence-corrected chi connectivity index (χ0v) is 19.7. The van der Waals surface area contributed by atoms with Crippen LogP contribution >= 0.6 is 0 Å². The van der Waals surface area contributed by atoms with E-state index in [9.17, 15) is 10.1 Å². The second-order valence-electron chi connectivity index (χ2n) is 8.62. The average Bonchev–Trinajstić information content (AvgIpc) is 2.89. The van der Waals surface area contributed by atoms with Gasteiger partial charge < -0.3 is 15.1 Å². The third-order valence-corrected chi connectivity index (χ3v) is 6.45. The molecule has 0 radical (unpaired) electrons. The normalized spacial score (nSPS) is 14.1. The molecule has 5 heteroatoms.